The van der Waals surface area contributed by atoms with Gasteiger partial charge in [0, 0.05) is 17.4 Å². The minimum absolute atomic E-state index is 0.0166. The van der Waals surface area contributed by atoms with E-state index in [0.29, 0.717) is 6.42 Å². The Morgan fingerprint density at radius 2 is 1.12 bits per heavy atom. The van der Waals surface area contributed by atoms with Crippen molar-refractivity contribution in [3.8, 4) is 0 Å². The van der Waals surface area contributed by atoms with Gasteiger partial charge in [-0.25, -0.2) is 0 Å². The number of likely N-dealkylation sites (tertiary alicyclic amines) is 1. The number of hydrogen-bond acceptors (Lipinski definition) is 5. The molecule has 0 aromatic rings. The van der Waals surface area contributed by atoms with E-state index < -0.39 is 0 Å². The number of allylic oxidation sites excluding steroid dienone is 2. The summed E-state index contributed by atoms with van der Waals surface area (Å²) in [6, 6.07) is 0. The van der Waals surface area contributed by atoms with Gasteiger partial charge in [0.2, 0.25) is 0 Å². The first-order valence-corrected chi connectivity index (χ1v) is 24.3. The Hall–Kier alpha value is -0.630. The zero-order valence-corrected chi connectivity index (χ0v) is 37.1. The molecule has 1 rings (SSSR count). The first-order chi connectivity index (χ1) is 25.4. The molecule has 3 unspecified atom stereocenters. The quantitative estimate of drug-likeness (QED) is 0.0205. The first kappa shape index (κ1) is 49.4. The zero-order chi connectivity index (χ0) is 37.9. The maximum Gasteiger partial charge on any atom is 0.310 e. The number of carbonyl (C=O) groups excluding carboxylic acids is 2. The molecule has 0 N–H and O–H groups in total. The number of hydrogen-bond donors (Lipinski definition) is 0. The van der Waals surface area contributed by atoms with Crippen LogP contribution in [0.5, 0.6) is 0 Å². The summed E-state index contributed by atoms with van der Waals surface area (Å²) < 4.78 is 13.4. The van der Waals surface area contributed by atoms with Crippen LogP contribution in [0.25, 0.3) is 0 Å². The lowest BCUT2D eigenvalue weighted by Crippen LogP contribution is -2.32. The van der Waals surface area contributed by atoms with Gasteiger partial charge in [0.15, 0.2) is 0 Å². The Morgan fingerprint density at radius 3 is 1.62 bits per heavy atom. The third-order valence-electron chi connectivity index (χ3n) is 11.3. The second-order valence-electron chi connectivity index (χ2n) is 16.2. The zero-order valence-electron chi connectivity index (χ0n) is 35.0. The van der Waals surface area contributed by atoms with Crippen molar-refractivity contribution in [1.29, 1.82) is 0 Å². The fourth-order valence-electron chi connectivity index (χ4n) is 7.80. The van der Waals surface area contributed by atoms with Gasteiger partial charge in [-0.2, -0.15) is 0 Å². The van der Waals surface area contributed by atoms with E-state index in [9.17, 15) is 9.59 Å². The molecular formula is C46H86INO4. The molecule has 0 radical (unpaired) electrons. The standard InChI is InChI=1S/C46H86INO4/c1-5-8-11-13-15-16-17-18-19-20-21-22-23-25-27-30-33-43(32-29-26-24-14-12-9-6-2)51-45(49)35-34-41(31-28-10-7-3)44(36-38-47)52-46(50)42-37-39-48(4)40-42/h18-19,41-44H,5-17,20-40H2,1-4H3/b19-18-/t41-,42?,43?,44?/m0/s1. The smallest absolute Gasteiger partial charge is 0.310 e. The average Bonchev–Trinajstić information content (AvgIpc) is 3.58. The number of unbranched alkanes of at least 4 members (excludes halogenated alkanes) is 20. The molecule has 0 bridgehead atoms. The number of nitrogens with zero attached hydrogens (tertiary/aromatic N) is 1. The van der Waals surface area contributed by atoms with Crippen LogP contribution in [0, 0.1) is 11.8 Å². The lowest BCUT2D eigenvalue weighted by atomic mass is 9.89. The monoisotopic (exact) mass is 844 g/mol. The topological polar surface area (TPSA) is 55.8 Å². The van der Waals surface area contributed by atoms with E-state index in [0.717, 1.165) is 81.7 Å². The molecule has 1 fully saturated rings. The predicted octanol–water partition coefficient (Wildman–Crippen LogP) is 14.1. The molecule has 5 nitrogen and oxygen atoms in total. The van der Waals surface area contributed by atoms with E-state index in [1.807, 2.05) is 0 Å². The molecule has 1 aliphatic heterocycles. The number of rotatable bonds is 37. The van der Waals surface area contributed by atoms with E-state index in [4.69, 9.17) is 9.47 Å². The van der Waals surface area contributed by atoms with Crippen LogP contribution >= 0.6 is 22.6 Å². The molecule has 6 heteroatoms. The Kier molecular flexibility index (Phi) is 34.2. The Balaban J connectivity index is 2.53. The summed E-state index contributed by atoms with van der Waals surface area (Å²) in [7, 11) is 2.08. The van der Waals surface area contributed by atoms with Crippen LogP contribution < -0.4 is 0 Å². The van der Waals surface area contributed by atoms with Gasteiger partial charge in [-0.3, -0.25) is 9.59 Å². The summed E-state index contributed by atoms with van der Waals surface area (Å²) in [4.78, 5) is 28.7. The van der Waals surface area contributed by atoms with E-state index in [1.165, 1.54) is 128 Å². The van der Waals surface area contributed by atoms with Gasteiger partial charge < -0.3 is 14.4 Å². The Morgan fingerprint density at radius 1 is 0.635 bits per heavy atom. The second kappa shape index (κ2) is 36.0. The molecule has 1 saturated heterocycles. The summed E-state index contributed by atoms with van der Waals surface area (Å²) >= 11 is 2.40. The van der Waals surface area contributed by atoms with Crippen molar-refractivity contribution in [2.45, 2.75) is 232 Å². The van der Waals surface area contributed by atoms with Gasteiger partial charge in [0.05, 0.1) is 5.92 Å². The fourth-order valence-corrected chi connectivity index (χ4v) is 8.42. The number of ether oxygens (including phenoxy) is 2. The summed E-state index contributed by atoms with van der Waals surface area (Å²) in [5.41, 5.74) is 0. The van der Waals surface area contributed by atoms with Gasteiger partial charge >= 0.3 is 11.9 Å². The first-order valence-electron chi connectivity index (χ1n) is 22.7. The molecule has 4 atom stereocenters. The summed E-state index contributed by atoms with van der Waals surface area (Å²) in [5, 5.41) is 0. The molecule has 306 valence electrons. The lowest BCUT2D eigenvalue weighted by Gasteiger charge is -2.28. The molecule has 0 aromatic carbocycles. The Labute approximate surface area is 337 Å². The van der Waals surface area contributed by atoms with Crippen LogP contribution in [0.4, 0.5) is 0 Å². The minimum atomic E-state index is -0.107. The molecule has 0 saturated carbocycles. The van der Waals surface area contributed by atoms with Crippen LogP contribution in [0.1, 0.15) is 220 Å². The van der Waals surface area contributed by atoms with Gasteiger partial charge in [-0.05, 0) is 96.6 Å². The maximum absolute atomic E-state index is 13.4. The summed E-state index contributed by atoms with van der Waals surface area (Å²) in [6.45, 7) is 8.53. The molecule has 0 aliphatic carbocycles. The van der Waals surface area contributed by atoms with Gasteiger partial charge in [0.25, 0.3) is 0 Å². The molecule has 0 spiro atoms. The van der Waals surface area contributed by atoms with E-state index >= 15 is 0 Å². The number of esters is 2. The molecule has 0 aromatic heterocycles. The number of carbonyl (C=O) groups is 2. The van der Waals surface area contributed by atoms with Crippen molar-refractivity contribution in [2.75, 3.05) is 24.6 Å². The predicted molar refractivity (Wildman–Crippen MR) is 232 cm³/mol. The van der Waals surface area contributed by atoms with E-state index in [1.54, 1.807) is 0 Å². The molecule has 0 amide bonds. The van der Waals surface area contributed by atoms with Crippen molar-refractivity contribution in [1.82, 2.24) is 4.90 Å². The highest BCUT2D eigenvalue weighted by Crippen LogP contribution is 2.28. The molecule has 1 heterocycles. The van der Waals surface area contributed by atoms with Crippen LogP contribution in [-0.2, 0) is 19.1 Å². The SMILES string of the molecule is CCCCCCCC/C=C\CCCCCCCCC(CCCCCCCCC)OC(=O)CC[C@H](CCCCC)C(CCI)OC(=O)C1CCN(C)C1. The van der Waals surface area contributed by atoms with Crippen molar-refractivity contribution in [2.24, 2.45) is 11.8 Å². The van der Waals surface area contributed by atoms with Crippen LogP contribution in [0.2, 0.25) is 0 Å². The minimum Gasteiger partial charge on any atom is -0.462 e. The molecule has 52 heavy (non-hydrogen) atoms. The number of halogens is 1. The highest BCUT2D eigenvalue weighted by Gasteiger charge is 2.32. The van der Waals surface area contributed by atoms with Crippen LogP contribution in [0.3, 0.4) is 0 Å². The highest BCUT2D eigenvalue weighted by atomic mass is 127. The maximum atomic E-state index is 13.4. The van der Waals surface area contributed by atoms with Crippen molar-refractivity contribution in [3.05, 3.63) is 12.2 Å². The van der Waals surface area contributed by atoms with Crippen molar-refractivity contribution in [3.63, 3.8) is 0 Å². The second-order valence-corrected chi connectivity index (χ2v) is 17.3. The van der Waals surface area contributed by atoms with Crippen molar-refractivity contribution >= 4 is 34.5 Å². The number of alkyl halides is 1. The third-order valence-corrected chi connectivity index (χ3v) is 11.9. The van der Waals surface area contributed by atoms with Crippen LogP contribution in [-0.4, -0.2) is 53.6 Å². The third kappa shape index (κ3) is 27.9. The van der Waals surface area contributed by atoms with E-state index in [-0.39, 0.29) is 36.0 Å². The van der Waals surface area contributed by atoms with Crippen molar-refractivity contribution < 1.29 is 19.1 Å². The average molecular weight is 844 g/mol. The van der Waals surface area contributed by atoms with Gasteiger partial charge in [-0.15, -0.1) is 0 Å². The largest absolute Gasteiger partial charge is 0.462 e. The normalized spacial score (nSPS) is 16.8. The fraction of sp³-hybridized carbons (Fsp3) is 0.913. The lowest BCUT2D eigenvalue weighted by molar-refractivity contribution is -0.157. The van der Waals surface area contributed by atoms with Gasteiger partial charge in [-0.1, -0.05) is 171 Å². The van der Waals surface area contributed by atoms with Crippen LogP contribution in [0.15, 0.2) is 12.2 Å². The van der Waals surface area contributed by atoms with Gasteiger partial charge in [0.1, 0.15) is 12.2 Å². The highest BCUT2D eigenvalue weighted by molar-refractivity contribution is 14.1. The summed E-state index contributed by atoms with van der Waals surface area (Å²) in [6.07, 6.45) is 41.5. The Bertz CT molecular complexity index is 850. The molecular weight excluding hydrogens is 757 g/mol. The summed E-state index contributed by atoms with van der Waals surface area (Å²) in [5.74, 6) is 0.119. The molecule has 1 aliphatic rings. The van der Waals surface area contributed by atoms with E-state index in [2.05, 4.69) is 67.5 Å².